The third kappa shape index (κ3) is 3.84. The lowest BCUT2D eigenvalue weighted by Gasteiger charge is -2.36. The predicted molar refractivity (Wildman–Crippen MR) is 85.7 cm³/mol. The maximum Gasteiger partial charge on any atom is 0.240 e. The highest BCUT2D eigenvalue weighted by molar-refractivity contribution is 7.89. The quantitative estimate of drug-likeness (QED) is 0.877. The molecule has 0 spiro atoms. The van der Waals surface area contributed by atoms with E-state index in [0.29, 0.717) is 18.0 Å². The van der Waals surface area contributed by atoms with Crippen molar-refractivity contribution in [1.29, 1.82) is 0 Å². The Morgan fingerprint density at radius 3 is 2.48 bits per heavy atom. The number of aryl methyl sites for hydroxylation is 2. The van der Waals surface area contributed by atoms with Crippen LogP contribution in [0.25, 0.3) is 0 Å². The van der Waals surface area contributed by atoms with Gasteiger partial charge >= 0.3 is 0 Å². The fourth-order valence-corrected chi connectivity index (χ4v) is 4.56. The molecule has 0 heterocycles. The van der Waals surface area contributed by atoms with Crippen LogP contribution in [0.2, 0.25) is 0 Å². The van der Waals surface area contributed by atoms with E-state index in [1.54, 1.807) is 6.07 Å². The minimum absolute atomic E-state index is 0.0664. The molecule has 0 aliphatic heterocycles. The molecule has 0 amide bonds. The maximum absolute atomic E-state index is 12.6. The molecule has 0 aromatic heterocycles. The van der Waals surface area contributed by atoms with Gasteiger partial charge in [0.25, 0.3) is 0 Å². The van der Waals surface area contributed by atoms with Gasteiger partial charge in [-0.25, -0.2) is 13.1 Å². The predicted octanol–water partition coefficient (Wildman–Crippen LogP) is 2.49. The summed E-state index contributed by atoms with van der Waals surface area (Å²) in [6, 6.07) is 5.51. The number of hydrogen-bond donors (Lipinski definition) is 2. The summed E-state index contributed by atoms with van der Waals surface area (Å²) >= 11 is 0. The number of sulfonamides is 1. The van der Waals surface area contributed by atoms with E-state index in [-0.39, 0.29) is 5.41 Å². The molecule has 118 valence electrons. The van der Waals surface area contributed by atoms with Gasteiger partial charge in [0.1, 0.15) is 0 Å². The summed E-state index contributed by atoms with van der Waals surface area (Å²) in [5, 5.41) is 0. The van der Waals surface area contributed by atoms with E-state index in [4.69, 9.17) is 5.73 Å². The van der Waals surface area contributed by atoms with Gasteiger partial charge < -0.3 is 5.73 Å². The Hall–Kier alpha value is -0.910. The second-order valence-electron chi connectivity index (χ2n) is 6.36. The third-order valence-corrected chi connectivity index (χ3v) is 6.16. The van der Waals surface area contributed by atoms with E-state index in [2.05, 4.69) is 4.72 Å². The summed E-state index contributed by atoms with van der Waals surface area (Å²) in [5.41, 5.74) is 7.59. The highest BCUT2D eigenvalue weighted by atomic mass is 32.2. The van der Waals surface area contributed by atoms with E-state index in [0.717, 1.165) is 36.8 Å². The fraction of sp³-hybridized carbons (Fsp3) is 0.625. The van der Waals surface area contributed by atoms with Crippen LogP contribution in [0.15, 0.2) is 23.1 Å². The van der Waals surface area contributed by atoms with Gasteiger partial charge in [0.15, 0.2) is 0 Å². The monoisotopic (exact) mass is 310 g/mol. The Morgan fingerprint density at radius 2 is 1.86 bits per heavy atom. The van der Waals surface area contributed by atoms with Crippen molar-refractivity contribution in [3.05, 3.63) is 29.3 Å². The summed E-state index contributed by atoms with van der Waals surface area (Å²) in [4.78, 5) is 0.380. The first-order valence-corrected chi connectivity index (χ1v) is 9.14. The first kappa shape index (κ1) is 16.5. The van der Waals surface area contributed by atoms with Crippen LogP contribution in [0.1, 0.15) is 43.2 Å². The van der Waals surface area contributed by atoms with E-state index in [1.165, 1.54) is 6.42 Å². The van der Waals surface area contributed by atoms with Crippen LogP contribution in [-0.2, 0) is 10.0 Å². The largest absolute Gasteiger partial charge is 0.330 e. The summed E-state index contributed by atoms with van der Waals surface area (Å²) in [7, 11) is -3.47. The number of rotatable bonds is 5. The van der Waals surface area contributed by atoms with Crippen LogP contribution in [0.3, 0.4) is 0 Å². The van der Waals surface area contributed by atoms with E-state index < -0.39 is 10.0 Å². The molecule has 1 aliphatic carbocycles. The van der Waals surface area contributed by atoms with Crippen molar-refractivity contribution in [2.75, 3.05) is 13.1 Å². The van der Waals surface area contributed by atoms with Crippen molar-refractivity contribution in [3.8, 4) is 0 Å². The molecule has 3 N–H and O–H groups in total. The molecular formula is C16H26N2O2S. The normalized spacial score (nSPS) is 18.6. The van der Waals surface area contributed by atoms with Gasteiger partial charge in [0.05, 0.1) is 4.90 Å². The molecule has 4 nitrogen and oxygen atoms in total. The van der Waals surface area contributed by atoms with E-state index >= 15 is 0 Å². The number of nitrogens with two attached hydrogens (primary N) is 1. The number of nitrogens with one attached hydrogen (secondary N) is 1. The van der Waals surface area contributed by atoms with Gasteiger partial charge in [0, 0.05) is 6.54 Å². The molecule has 1 aromatic rings. The molecule has 1 aliphatic rings. The summed E-state index contributed by atoms with van der Waals surface area (Å²) < 4.78 is 27.9. The Balaban J connectivity index is 2.15. The van der Waals surface area contributed by atoms with Gasteiger partial charge in [-0.1, -0.05) is 31.4 Å². The molecule has 0 unspecified atom stereocenters. The lowest BCUT2D eigenvalue weighted by atomic mass is 9.74. The molecule has 0 atom stereocenters. The Bertz CT molecular complexity index is 590. The highest BCUT2D eigenvalue weighted by Gasteiger charge is 2.32. The Labute approximate surface area is 128 Å². The van der Waals surface area contributed by atoms with Crippen LogP contribution >= 0.6 is 0 Å². The molecule has 1 aromatic carbocycles. The molecule has 0 radical (unpaired) electrons. The zero-order chi connectivity index (χ0) is 15.5. The standard InChI is InChI=1S/C16H26N2O2S/c1-13-6-7-14(2)15(10-13)21(19,20)18-12-16(11-17)8-4-3-5-9-16/h6-7,10,18H,3-5,8-9,11-12,17H2,1-2H3. The minimum Gasteiger partial charge on any atom is -0.330 e. The van der Waals surface area contributed by atoms with Gasteiger partial charge in [-0.15, -0.1) is 0 Å². The molecule has 2 rings (SSSR count). The van der Waals surface area contributed by atoms with Gasteiger partial charge in [-0.3, -0.25) is 0 Å². The fourth-order valence-electron chi connectivity index (χ4n) is 3.08. The Kier molecular flexibility index (Phi) is 5.07. The smallest absolute Gasteiger partial charge is 0.240 e. The summed E-state index contributed by atoms with van der Waals surface area (Å²) in [6.45, 7) is 4.72. The molecule has 5 heteroatoms. The minimum atomic E-state index is -3.47. The topological polar surface area (TPSA) is 72.2 Å². The van der Waals surface area contributed by atoms with E-state index in [1.807, 2.05) is 26.0 Å². The number of hydrogen-bond acceptors (Lipinski definition) is 3. The summed E-state index contributed by atoms with van der Waals surface area (Å²) in [5.74, 6) is 0. The molecule has 21 heavy (non-hydrogen) atoms. The Morgan fingerprint density at radius 1 is 1.19 bits per heavy atom. The van der Waals surface area contributed by atoms with Gasteiger partial charge in [0.2, 0.25) is 10.0 Å². The zero-order valence-corrected chi connectivity index (χ0v) is 13.8. The molecular weight excluding hydrogens is 284 g/mol. The molecule has 1 saturated carbocycles. The second-order valence-corrected chi connectivity index (χ2v) is 8.09. The first-order valence-electron chi connectivity index (χ1n) is 7.66. The van der Waals surface area contributed by atoms with Crippen molar-refractivity contribution in [2.24, 2.45) is 11.1 Å². The zero-order valence-electron chi connectivity index (χ0n) is 13.0. The first-order chi connectivity index (χ1) is 9.88. The second kappa shape index (κ2) is 6.46. The van der Waals surface area contributed by atoms with E-state index in [9.17, 15) is 8.42 Å². The maximum atomic E-state index is 12.6. The van der Waals surface area contributed by atoms with Crippen LogP contribution in [0.4, 0.5) is 0 Å². The van der Waals surface area contributed by atoms with Crippen LogP contribution in [0.5, 0.6) is 0 Å². The molecule has 0 saturated heterocycles. The van der Waals surface area contributed by atoms with Crippen LogP contribution < -0.4 is 10.5 Å². The van der Waals surface area contributed by atoms with Crippen LogP contribution in [-0.4, -0.2) is 21.5 Å². The molecule has 1 fully saturated rings. The third-order valence-electron chi connectivity index (χ3n) is 4.62. The van der Waals surface area contributed by atoms with Gasteiger partial charge in [-0.2, -0.15) is 0 Å². The van der Waals surface area contributed by atoms with Gasteiger partial charge in [-0.05, 0) is 55.8 Å². The van der Waals surface area contributed by atoms with Crippen molar-refractivity contribution in [3.63, 3.8) is 0 Å². The SMILES string of the molecule is Cc1ccc(C)c(S(=O)(=O)NCC2(CN)CCCCC2)c1. The van der Waals surface area contributed by atoms with Crippen molar-refractivity contribution in [1.82, 2.24) is 4.72 Å². The lowest BCUT2D eigenvalue weighted by molar-refractivity contribution is 0.202. The highest BCUT2D eigenvalue weighted by Crippen LogP contribution is 2.35. The molecule has 0 bridgehead atoms. The number of benzene rings is 1. The lowest BCUT2D eigenvalue weighted by Crippen LogP contribution is -2.43. The van der Waals surface area contributed by atoms with Crippen molar-refractivity contribution >= 4 is 10.0 Å². The van der Waals surface area contributed by atoms with Crippen molar-refractivity contribution < 1.29 is 8.42 Å². The average Bonchev–Trinajstić information content (AvgIpc) is 2.49. The van der Waals surface area contributed by atoms with Crippen LogP contribution in [0, 0.1) is 19.3 Å². The summed E-state index contributed by atoms with van der Waals surface area (Å²) in [6.07, 6.45) is 5.54. The van der Waals surface area contributed by atoms with Crippen molar-refractivity contribution in [2.45, 2.75) is 50.8 Å². The average molecular weight is 310 g/mol.